The highest BCUT2D eigenvalue weighted by Crippen LogP contribution is 1.98. The second kappa shape index (κ2) is 16.1. The number of aromatic nitrogens is 4. The van der Waals surface area contributed by atoms with Crippen molar-refractivity contribution in [2.45, 2.75) is 25.7 Å². The van der Waals surface area contributed by atoms with E-state index in [0.29, 0.717) is 25.2 Å². The molecule has 30 heavy (non-hydrogen) atoms. The molecule has 0 aliphatic heterocycles. The quantitative estimate of drug-likeness (QED) is 0.268. The van der Waals surface area contributed by atoms with Gasteiger partial charge in [-0.1, -0.05) is 0 Å². The number of unbranched alkanes of at least 4 members (excludes halogenated alkanes) is 1. The zero-order chi connectivity index (χ0) is 21.7. The number of nitrogens with one attached hydrogen (secondary N) is 4. The zero-order valence-corrected chi connectivity index (χ0v) is 15.1. The van der Waals surface area contributed by atoms with Gasteiger partial charge in [0, 0.05) is 25.2 Å². The van der Waals surface area contributed by atoms with E-state index in [0.717, 1.165) is 0 Å². The molecule has 0 radical (unpaired) electrons. The van der Waals surface area contributed by atoms with Crippen LogP contribution in [0.5, 0.6) is 0 Å². The number of hydrogen-bond acceptors (Lipinski definition) is 6. The third kappa shape index (κ3) is 15.2. The van der Waals surface area contributed by atoms with Crippen LogP contribution in [0, 0.1) is 11.6 Å². The van der Waals surface area contributed by atoms with Crippen molar-refractivity contribution in [3.63, 3.8) is 0 Å². The van der Waals surface area contributed by atoms with Gasteiger partial charge in [0.1, 0.15) is 0 Å². The lowest BCUT2D eigenvalue weighted by Crippen LogP contribution is -2.23. The van der Waals surface area contributed by atoms with E-state index in [1.807, 2.05) is 9.97 Å². The van der Waals surface area contributed by atoms with E-state index in [1.165, 1.54) is 0 Å². The first-order valence-corrected chi connectivity index (χ1v) is 7.41. The van der Waals surface area contributed by atoms with Crippen molar-refractivity contribution < 1.29 is 39.5 Å². The lowest BCUT2D eigenvalue weighted by molar-refractivity contribution is -0.139. The molecular weight excluding hydrogens is 422 g/mol. The summed E-state index contributed by atoms with van der Waals surface area (Å²) in [7, 11) is 0. The number of carbonyl (C=O) groups is 2. The Morgan fingerprint density at radius 2 is 1.03 bits per heavy atom. The average Bonchev–Trinajstić information content (AvgIpc) is 2.60. The molecule has 0 saturated carbocycles. The van der Waals surface area contributed by atoms with Crippen LogP contribution in [0.3, 0.4) is 0 Å². The molecule has 2 aromatic rings. The molecular formula is C14H20F2N4O10. The molecule has 0 fully saturated rings. The molecule has 2 aromatic heterocycles. The van der Waals surface area contributed by atoms with Crippen molar-refractivity contribution in [2.24, 2.45) is 0 Å². The minimum Gasteiger partial charge on any atom is -0.481 e. The van der Waals surface area contributed by atoms with Gasteiger partial charge in [-0.2, -0.15) is 8.78 Å². The van der Waals surface area contributed by atoms with E-state index in [1.54, 1.807) is 9.97 Å². The highest BCUT2D eigenvalue weighted by atomic mass is 19.1. The third-order valence-electron chi connectivity index (χ3n) is 2.58. The first kappa shape index (κ1) is 30.8. The van der Waals surface area contributed by atoms with Gasteiger partial charge in [0.15, 0.2) is 0 Å². The van der Waals surface area contributed by atoms with Crippen molar-refractivity contribution in [1.29, 1.82) is 0 Å². The van der Waals surface area contributed by atoms with E-state index in [9.17, 15) is 37.5 Å². The van der Waals surface area contributed by atoms with Crippen molar-refractivity contribution in [3.05, 3.63) is 65.7 Å². The zero-order valence-electron chi connectivity index (χ0n) is 15.1. The number of hydrogen-bond donors (Lipinski definition) is 6. The molecule has 0 aliphatic rings. The van der Waals surface area contributed by atoms with E-state index in [2.05, 4.69) is 0 Å². The first-order valence-electron chi connectivity index (χ1n) is 7.41. The number of carboxylic acid groups (broad SMARTS) is 2. The van der Waals surface area contributed by atoms with Gasteiger partial charge in [0.2, 0.25) is 11.6 Å². The number of halogens is 2. The standard InChI is InChI=1S/C6H10O4.2C4H3FN2O2.2H2O/c7-5(8)3-1-2-4-6(9)10;2*5-2-1-6-4(9)7-3(2)8;;/h1-4H2,(H,7,8)(H,9,10);2*1H,(H2,6,7,8,9);2*1H2. The fourth-order valence-electron chi connectivity index (χ4n) is 1.34. The largest absolute Gasteiger partial charge is 0.481 e. The van der Waals surface area contributed by atoms with Crippen LogP contribution < -0.4 is 22.5 Å². The van der Waals surface area contributed by atoms with Crippen LogP contribution in [0.4, 0.5) is 8.78 Å². The Labute approximate surface area is 163 Å². The molecule has 2 heterocycles. The Kier molecular flexibility index (Phi) is 16.5. The van der Waals surface area contributed by atoms with Crippen molar-refractivity contribution in [1.82, 2.24) is 19.9 Å². The normalized spacial score (nSPS) is 8.73. The summed E-state index contributed by atoms with van der Waals surface area (Å²) in [6.45, 7) is 0. The fraction of sp³-hybridized carbons (Fsp3) is 0.286. The Balaban J connectivity index is -0.000000353. The molecule has 16 heteroatoms. The maximum atomic E-state index is 12.0. The summed E-state index contributed by atoms with van der Waals surface area (Å²) in [5.41, 5.74) is -3.42. The number of aromatic amines is 4. The van der Waals surface area contributed by atoms with Gasteiger partial charge in [-0.15, -0.1) is 0 Å². The Morgan fingerprint density at radius 3 is 1.23 bits per heavy atom. The summed E-state index contributed by atoms with van der Waals surface area (Å²) in [4.78, 5) is 67.8. The van der Waals surface area contributed by atoms with Crippen molar-refractivity contribution in [3.8, 4) is 0 Å². The number of rotatable bonds is 5. The first-order chi connectivity index (χ1) is 13.0. The monoisotopic (exact) mass is 442 g/mol. The lowest BCUT2D eigenvalue weighted by Gasteiger charge is -1.92. The van der Waals surface area contributed by atoms with Crippen molar-refractivity contribution in [2.75, 3.05) is 0 Å². The molecule has 14 nitrogen and oxygen atoms in total. The lowest BCUT2D eigenvalue weighted by atomic mass is 10.2. The molecule has 0 unspecified atom stereocenters. The van der Waals surface area contributed by atoms with Crippen LogP contribution in [0.25, 0.3) is 0 Å². The van der Waals surface area contributed by atoms with Crippen LogP contribution >= 0.6 is 0 Å². The highest BCUT2D eigenvalue weighted by molar-refractivity contribution is 5.67. The predicted octanol–water partition coefficient (Wildman–Crippen LogP) is -2.53. The van der Waals surface area contributed by atoms with Crippen LogP contribution in [0.15, 0.2) is 31.6 Å². The van der Waals surface area contributed by atoms with Gasteiger partial charge in [0.05, 0.1) is 0 Å². The Hall–Kier alpha value is -3.92. The molecule has 170 valence electrons. The second-order valence-electron chi connectivity index (χ2n) is 4.83. The van der Waals surface area contributed by atoms with Crippen LogP contribution in [0.1, 0.15) is 25.7 Å². The minimum absolute atomic E-state index is 0. The molecule has 10 N–H and O–H groups in total. The van der Waals surface area contributed by atoms with E-state index < -0.39 is 46.1 Å². The van der Waals surface area contributed by atoms with Crippen LogP contribution in [-0.2, 0) is 9.59 Å². The van der Waals surface area contributed by atoms with Gasteiger partial charge in [0.25, 0.3) is 11.1 Å². The Morgan fingerprint density at radius 1 is 0.733 bits per heavy atom. The van der Waals surface area contributed by atoms with Crippen LogP contribution in [-0.4, -0.2) is 53.0 Å². The summed E-state index contributed by atoms with van der Waals surface area (Å²) in [5.74, 6) is -3.72. The van der Waals surface area contributed by atoms with Gasteiger partial charge in [-0.25, -0.2) is 9.59 Å². The van der Waals surface area contributed by atoms with E-state index in [-0.39, 0.29) is 23.8 Å². The van der Waals surface area contributed by atoms with Gasteiger partial charge >= 0.3 is 23.3 Å². The number of aliphatic carboxylic acids is 2. The van der Waals surface area contributed by atoms with E-state index in [4.69, 9.17) is 10.2 Å². The van der Waals surface area contributed by atoms with Crippen LogP contribution in [0.2, 0.25) is 0 Å². The average molecular weight is 442 g/mol. The summed E-state index contributed by atoms with van der Waals surface area (Å²) >= 11 is 0. The SMILES string of the molecule is O.O.O=C(O)CCCCC(=O)O.O=c1[nH]cc(F)c(=O)[nH]1.O=c1[nH]cc(F)c(=O)[nH]1. The maximum Gasteiger partial charge on any atom is 0.325 e. The number of H-pyrrole nitrogens is 4. The summed E-state index contributed by atoms with van der Waals surface area (Å²) in [6, 6.07) is 0. The third-order valence-corrected chi connectivity index (χ3v) is 2.58. The predicted molar refractivity (Wildman–Crippen MR) is 96.2 cm³/mol. The topological polar surface area (TPSA) is 269 Å². The molecule has 0 atom stereocenters. The molecule has 0 saturated heterocycles. The van der Waals surface area contributed by atoms with E-state index >= 15 is 0 Å². The number of carboxylic acids is 2. The molecule has 0 amide bonds. The summed E-state index contributed by atoms with van der Waals surface area (Å²) in [6.07, 6.45) is 2.44. The minimum atomic E-state index is -1.00. The molecule has 0 spiro atoms. The Bertz CT molecular complexity index is 929. The summed E-state index contributed by atoms with van der Waals surface area (Å²) < 4.78 is 24.0. The molecule has 2 rings (SSSR count). The van der Waals surface area contributed by atoms with Crippen molar-refractivity contribution >= 4 is 11.9 Å². The van der Waals surface area contributed by atoms with Gasteiger partial charge < -0.3 is 31.1 Å². The molecule has 0 aromatic carbocycles. The fourth-order valence-corrected chi connectivity index (χ4v) is 1.34. The maximum absolute atomic E-state index is 12.0. The molecule has 0 aliphatic carbocycles. The second-order valence-corrected chi connectivity index (χ2v) is 4.83. The molecule has 0 bridgehead atoms. The smallest absolute Gasteiger partial charge is 0.325 e. The highest BCUT2D eigenvalue weighted by Gasteiger charge is 1.99. The van der Waals surface area contributed by atoms with Gasteiger partial charge in [-0.3, -0.25) is 29.1 Å². The van der Waals surface area contributed by atoms with Gasteiger partial charge in [-0.05, 0) is 12.8 Å². The summed E-state index contributed by atoms with van der Waals surface area (Å²) in [5, 5.41) is 16.3.